The number of hydrogen-bond donors (Lipinski definition) is 0. The molecule has 0 radical (unpaired) electrons. The molecular formula is C17H20N4O3S. The molecule has 0 N–H and O–H groups in total. The van der Waals surface area contributed by atoms with E-state index in [9.17, 15) is 13.2 Å². The van der Waals surface area contributed by atoms with E-state index in [1.165, 1.54) is 18.4 Å². The highest BCUT2D eigenvalue weighted by atomic mass is 32.2. The van der Waals surface area contributed by atoms with Gasteiger partial charge in [0.2, 0.25) is 10.0 Å². The summed E-state index contributed by atoms with van der Waals surface area (Å²) in [5.74, 6) is 0.414. The monoisotopic (exact) mass is 360 g/mol. The van der Waals surface area contributed by atoms with Gasteiger partial charge >= 0.3 is 0 Å². The van der Waals surface area contributed by atoms with Crippen LogP contribution in [0.1, 0.15) is 0 Å². The molecule has 0 bridgehead atoms. The smallest absolute Gasteiger partial charge is 0.261 e. The molecule has 0 aliphatic rings. The Morgan fingerprint density at radius 2 is 1.92 bits per heavy atom. The number of rotatable bonds is 5. The first-order chi connectivity index (χ1) is 11.8. The number of sulfonamides is 1. The summed E-state index contributed by atoms with van der Waals surface area (Å²) < 4.78 is 28.5. The lowest BCUT2D eigenvalue weighted by atomic mass is 10.1. The molecule has 132 valence electrons. The number of aromatic nitrogens is 3. The van der Waals surface area contributed by atoms with Gasteiger partial charge < -0.3 is 9.13 Å². The maximum absolute atomic E-state index is 12.7. The van der Waals surface area contributed by atoms with Crippen molar-refractivity contribution in [1.29, 1.82) is 0 Å². The molecule has 2 heterocycles. The van der Waals surface area contributed by atoms with Crippen LogP contribution in [0.2, 0.25) is 0 Å². The highest BCUT2D eigenvalue weighted by molar-refractivity contribution is 7.89. The fourth-order valence-corrected chi connectivity index (χ4v) is 3.51. The molecule has 0 saturated carbocycles. The lowest BCUT2D eigenvalue weighted by Crippen LogP contribution is -2.27. The second kappa shape index (κ2) is 6.45. The topological polar surface area (TPSA) is 77.2 Å². The van der Waals surface area contributed by atoms with Crippen LogP contribution in [0.25, 0.3) is 22.3 Å². The molecule has 3 aromatic rings. The third-order valence-electron chi connectivity index (χ3n) is 4.24. The molecule has 25 heavy (non-hydrogen) atoms. The molecule has 0 amide bonds. The Morgan fingerprint density at radius 1 is 1.20 bits per heavy atom. The van der Waals surface area contributed by atoms with Gasteiger partial charge in [0, 0.05) is 40.1 Å². The maximum atomic E-state index is 12.7. The Bertz CT molecular complexity index is 1080. The molecular weight excluding hydrogens is 340 g/mol. The van der Waals surface area contributed by atoms with Crippen molar-refractivity contribution in [3.63, 3.8) is 0 Å². The zero-order valence-electron chi connectivity index (χ0n) is 14.4. The molecule has 3 rings (SSSR count). The molecule has 2 aromatic heterocycles. The van der Waals surface area contributed by atoms with E-state index in [-0.39, 0.29) is 17.9 Å². The summed E-state index contributed by atoms with van der Waals surface area (Å²) in [6, 6.07) is 9.41. The van der Waals surface area contributed by atoms with E-state index in [4.69, 9.17) is 0 Å². The van der Waals surface area contributed by atoms with E-state index < -0.39 is 10.0 Å². The summed E-state index contributed by atoms with van der Waals surface area (Å²) in [4.78, 5) is 17.0. The number of nitrogens with zero attached hydrogens (tertiary/aromatic N) is 4. The highest BCUT2D eigenvalue weighted by Crippen LogP contribution is 2.19. The lowest BCUT2D eigenvalue weighted by Gasteiger charge is -2.13. The Morgan fingerprint density at radius 3 is 2.64 bits per heavy atom. The maximum Gasteiger partial charge on any atom is 0.261 e. The molecule has 0 spiro atoms. The molecule has 0 aliphatic heterocycles. The van der Waals surface area contributed by atoms with Crippen LogP contribution in [0.15, 0.2) is 47.5 Å². The first kappa shape index (κ1) is 17.4. The van der Waals surface area contributed by atoms with Crippen molar-refractivity contribution < 1.29 is 8.42 Å². The van der Waals surface area contributed by atoms with E-state index in [0.29, 0.717) is 11.4 Å². The lowest BCUT2D eigenvalue weighted by molar-refractivity contribution is 0.515. The van der Waals surface area contributed by atoms with Gasteiger partial charge in [-0.05, 0) is 17.5 Å². The number of aryl methyl sites for hydroxylation is 2. The van der Waals surface area contributed by atoms with Crippen molar-refractivity contribution in [2.24, 2.45) is 7.05 Å². The number of hydrogen-bond acceptors (Lipinski definition) is 4. The van der Waals surface area contributed by atoms with Gasteiger partial charge in [0.1, 0.15) is 5.82 Å². The molecule has 0 aliphatic carbocycles. The summed E-state index contributed by atoms with van der Waals surface area (Å²) in [6.45, 7) is 0.228. The van der Waals surface area contributed by atoms with Crippen LogP contribution in [0.4, 0.5) is 0 Å². The van der Waals surface area contributed by atoms with Gasteiger partial charge in [-0.3, -0.25) is 4.79 Å². The van der Waals surface area contributed by atoms with E-state index in [1.807, 2.05) is 24.3 Å². The largest absolute Gasteiger partial charge is 0.330 e. The molecule has 7 nitrogen and oxygen atoms in total. The van der Waals surface area contributed by atoms with E-state index in [2.05, 4.69) is 4.98 Å². The Balaban J connectivity index is 2.05. The van der Waals surface area contributed by atoms with Crippen LogP contribution in [0, 0.1) is 0 Å². The summed E-state index contributed by atoms with van der Waals surface area (Å²) in [5, 5.41) is 0.926. The van der Waals surface area contributed by atoms with E-state index in [0.717, 1.165) is 10.9 Å². The summed E-state index contributed by atoms with van der Waals surface area (Å²) >= 11 is 0. The number of pyridine rings is 1. The quantitative estimate of drug-likeness (QED) is 0.687. The van der Waals surface area contributed by atoms with Gasteiger partial charge in [-0.25, -0.2) is 17.7 Å². The van der Waals surface area contributed by atoms with E-state index in [1.54, 1.807) is 34.6 Å². The van der Waals surface area contributed by atoms with Crippen molar-refractivity contribution >= 4 is 20.9 Å². The normalized spacial score (nSPS) is 12.2. The minimum atomic E-state index is -3.32. The fourth-order valence-electron chi connectivity index (χ4n) is 2.71. The number of imidazole rings is 1. The predicted octanol–water partition coefficient (Wildman–Crippen LogP) is 1.29. The van der Waals surface area contributed by atoms with Crippen LogP contribution in [-0.2, 0) is 23.6 Å². The molecule has 0 fully saturated rings. The summed E-state index contributed by atoms with van der Waals surface area (Å²) in [6.07, 6.45) is 3.27. The first-order valence-corrected chi connectivity index (χ1v) is 9.42. The van der Waals surface area contributed by atoms with Crippen LogP contribution in [0.5, 0.6) is 0 Å². The number of para-hydroxylation sites is 1. The molecule has 0 unspecified atom stereocenters. The van der Waals surface area contributed by atoms with Crippen LogP contribution >= 0.6 is 0 Å². The summed E-state index contributed by atoms with van der Waals surface area (Å²) in [7, 11) is 1.40. The minimum Gasteiger partial charge on any atom is -0.330 e. The zero-order valence-corrected chi connectivity index (χ0v) is 15.2. The molecule has 8 heteroatoms. The van der Waals surface area contributed by atoms with Crippen molar-refractivity contribution in [2.45, 2.75) is 6.54 Å². The second-order valence-electron chi connectivity index (χ2n) is 6.02. The van der Waals surface area contributed by atoms with Crippen LogP contribution < -0.4 is 5.56 Å². The SMILES string of the molecule is CN(C)S(=O)(=O)CCn1ccnc1-c1cc2ccccc2n(C)c1=O. The van der Waals surface area contributed by atoms with Gasteiger partial charge in [0.15, 0.2) is 0 Å². The number of benzene rings is 1. The van der Waals surface area contributed by atoms with Gasteiger partial charge in [-0.1, -0.05) is 18.2 Å². The van der Waals surface area contributed by atoms with E-state index >= 15 is 0 Å². The third-order valence-corrected chi connectivity index (χ3v) is 6.05. The van der Waals surface area contributed by atoms with Crippen molar-refractivity contribution in [3.8, 4) is 11.4 Å². The van der Waals surface area contributed by atoms with Gasteiger partial charge in [0.05, 0.1) is 16.8 Å². The van der Waals surface area contributed by atoms with Crippen LogP contribution in [-0.4, -0.2) is 46.7 Å². The molecule has 1 aromatic carbocycles. The Kier molecular flexibility index (Phi) is 4.49. The number of fused-ring (bicyclic) bond motifs is 1. The first-order valence-electron chi connectivity index (χ1n) is 7.82. The van der Waals surface area contributed by atoms with Gasteiger partial charge in [-0.2, -0.15) is 0 Å². The fraction of sp³-hybridized carbons (Fsp3) is 0.294. The van der Waals surface area contributed by atoms with Crippen molar-refractivity contribution in [1.82, 2.24) is 18.4 Å². The Hall–Kier alpha value is -2.45. The standard InChI is InChI=1S/C17H20N4O3S/c1-19(2)25(23,24)11-10-21-9-8-18-16(21)14-12-13-6-4-5-7-15(13)20(3)17(14)22/h4-9,12H,10-11H2,1-3H3. The Labute approximate surface area is 146 Å². The van der Waals surface area contributed by atoms with Crippen LogP contribution in [0.3, 0.4) is 0 Å². The minimum absolute atomic E-state index is 0.0583. The average molecular weight is 360 g/mol. The predicted molar refractivity (Wildman–Crippen MR) is 97.9 cm³/mol. The van der Waals surface area contributed by atoms with Crippen molar-refractivity contribution in [3.05, 3.63) is 53.1 Å². The highest BCUT2D eigenvalue weighted by Gasteiger charge is 2.17. The molecule has 0 saturated heterocycles. The summed E-state index contributed by atoms with van der Waals surface area (Å²) in [5.41, 5.74) is 1.12. The van der Waals surface area contributed by atoms with Crippen molar-refractivity contribution in [2.75, 3.05) is 19.8 Å². The molecule has 0 atom stereocenters. The second-order valence-corrected chi connectivity index (χ2v) is 8.33. The van der Waals surface area contributed by atoms with Gasteiger partial charge in [0.25, 0.3) is 5.56 Å². The average Bonchev–Trinajstić information content (AvgIpc) is 3.04. The third kappa shape index (κ3) is 3.22. The van der Waals surface area contributed by atoms with Gasteiger partial charge in [-0.15, -0.1) is 0 Å². The zero-order chi connectivity index (χ0) is 18.2.